The van der Waals surface area contributed by atoms with E-state index in [1.807, 2.05) is 6.20 Å². The Hall–Kier alpha value is -0.960. The van der Waals surface area contributed by atoms with E-state index < -0.39 is 0 Å². The van der Waals surface area contributed by atoms with Gasteiger partial charge in [-0.2, -0.15) is 10.2 Å². The predicted molar refractivity (Wildman–Crippen MR) is 67.6 cm³/mol. The maximum Gasteiger partial charge on any atom is 0.101 e. The van der Waals surface area contributed by atoms with E-state index >= 15 is 0 Å². The predicted octanol–water partition coefficient (Wildman–Crippen LogP) is 3.38. The fourth-order valence-corrected chi connectivity index (χ4v) is 3.21. The number of hydrogen-bond donors (Lipinski definition) is 0. The summed E-state index contributed by atoms with van der Waals surface area (Å²) in [5.41, 5.74) is 3.27. The molecule has 0 saturated carbocycles. The van der Waals surface area contributed by atoms with Gasteiger partial charge < -0.3 is 4.74 Å². The molecule has 0 aliphatic carbocycles. The molecule has 3 heteroatoms. The Morgan fingerprint density at radius 2 is 1.82 bits per heavy atom. The molecule has 3 nitrogen and oxygen atoms in total. The Morgan fingerprint density at radius 3 is 2.35 bits per heavy atom. The fraction of sp³-hybridized carbons (Fsp3) is 0.714. The Kier molecular flexibility index (Phi) is 2.98. The van der Waals surface area contributed by atoms with Crippen molar-refractivity contribution < 1.29 is 4.74 Å². The molecule has 1 unspecified atom stereocenters. The zero-order chi connectivity index (χ0) is 12.8. The number of fused-ring (bicyclic) bond motifs is 1. The lowest BCUT2D eigenvalue weighted by Crippen LogP contribution is -2.38. The van der Waals surface area contributed by atoms with E-state index in [9.17, 15) is 0 Å². The zero-order valence-electron chi connectivity index (χ0n) is 11.6. The number of hydrogen-bond acceptors (Lipinski definition) is 3. The van der Waals surface area contributed by atoms with Crippen LogP contribution in [0.4, 0.5) is 0 Å². The highest BCUT2D eigenvalue weighted by atomic mass is 16.5. The van der Waals surface area contributed by atoms with Gasteiger partial charge in [0.1, 0.15) is 11.7 Å². The molecule has 0 fully saturated rings. The minimum absolute atomic E-state index is 0.0437. The molecule has 2 heterocycles. The minimum Gasteiger partial charge on any atom is -0.360 e. The van der Waals surface area contributed by atoms with Crippen LogP contribution in [0.1, 0.15) is 57.5 Å². The molecular formula is C14H22N2O. The van der Waals surface area contributed by atoms with Gasteiger partial charge in [0.15, 0.2) is 0 Å². The first-order chi connectivity index (χ1) is 7.91. The third-order valence-electron chi connectivity index (χ3n) is 3.93. The first-order valence-electron chi connectivity index (χ1n) is 6.41. The lowest BCUT2D eigenvalue weighted by molar-refractivity contribution is -0.130. The second kappa shape index (κ2) is 4.05. The molecule has 1 atom stereocenters. The Labute approximate surface area is 104 Å². The minimum atomic E-state index is -0.214. The summed E-state index contributed by atoms with van der Waals surface area (Å²) in [5.74, 6) is 0.850. The SMILES string of the molecule is Cc1cnnc2c1C(C(C)C)(C(C)C)OC2C. The molecule has 94 valence electrons. The Balaban J connectivity index is 2.69. The molecule has 0 N–H and O–H groups in total. The summed E-state index contributed by atoms with van der Waals surface area (Å²) >= 11 is 0. The van der Waals surface area contributed by atoms with Crippen molar-refractivity contribution in [1.82, 2.24) is 10.2 Å². The van der Waals surface area contributed by atoms with Crippen LogP contribution in [0.25, 0.3) is 0 Å². The number of ether oxygens (including phenoxy) is 1. The molecular weight excluding hydrogens is 212 g/mol. The van der Waals surface area contributed by atoms with Gasteiger partial charge in [-0.1, -0.05) is 27.7 Å². The summed E-state index contributed by atoms with van der Waals surface area (Å²) in [7, 11) is 0. The zero-order valence-corrected chi connectivity index (χ0v) is 11.6. The van der Waals surface area contributed by atoms with Gasteiger partial charge in [-0.15, -0.1) is 0 Å². The highest BCUT2D eigenvalue weighted by molar-refractivity contribution is 5.38. The average Bonchev–Trinajstić information content (AvgIpc) is 2.55. The van der Waals surface area contributed by atoms with E-state index in [-0.39, 0.29) is 11.7 Å². The maximum atomic E-state index is 6.32. The molecule has 2 rings (SSSR count). The number of nitrogens with zero attached hydrogens (tertiary/aromatic N) is 2. The van der Waals surface area contributed by atoms with E-state index in [4.69, 9.17) is 4.74 Å². The monoisotopic (exact) mass is 234 g/mol. The van der Waals surface area contributed by atoms with Crippen molar-refractivity contribution in [2.45, 2.75) is 53.2 Å². The highest BCUT2D eigenvalue weighted by Gasteiger charge is 2.50. The Morgan fingerprint density at radius 1 is 1.24 bits per heavy atom. The van der Waals surface area contributed by atoms with Crippen LogP contribution >= 0.6 is 0 Å². The molecule has 0 saturated heterocycles. The van der Waals surface area contributed by atoms with Crippen LogP contribution in [0.5, 0.6) is 0 Å². The van der Waals surface area contributed by atoms with Gasteiger partial charge in [-0.25, -0.2) is 0 Å². The first kappa shape index (κ1) is 12.5. The van der Waals surface area contributed by atoms with Crippen molar-refractivity contribution in [1.29, 1.82) is 0 Å². The van der Waals surface area contributed by atoms with Gasteiger partial charge in [0.2, 0.25) is 0 Å². The average molecular weight is 234 g/mol. The van der Waals surface area contributed by atoms with Crippen molar-refractivity contribution in [2.75, 3.05) is 0 Å². The van der Waals surface area contributed by atoms with Gasteiger partial charge in [-0.3, -0.25) is 0 Å². The van der Waals surface area contributed by atoms with Crippen LogP contribution in [-0.4, -0.2) is 10.2 Å². The quantitative estimate of drug-likeness (QED) is 0.786. The van der Waals surface area contributed by atoms with Crippen molar-refractivity contribution in [3.63, 3.8) is 0 Å². The summed E-state index contributed by atoms with van der Waals surface area (Å²) in [6, 6.07) is 0. The number of rotatable bonds is 2. The maximum absolute atomic E-state index is 6.32. The molecule has 0 aromatic carbocycles. The van der Waals surface area contributed by atoms with E-state index in [0.717, 1.165) is 5.69 Å². The normalized spacial score (nSPS) is 22.2. The first-order valence-corrected chi connectivity index (χ1v) is 6.41. The second-order valence-electron chi connectivity index (χ2n) is 5.65. The Bertz CT molecular complexity index is 418. The van der Waals surface area contributed by atoms with Crippen LogP contribution in [0.2, 0.25) is 0 Å². The summed E-state index contributed by atoms with van der Waals surface area (Å²) in [6.45, 7) is 13.1. The van der Waals surface area contributed by atoms with Gasteiger partial charge in [-0.05, 0) is 31.2 Å². The molecule has 0 amide bonds. The summed E-state index contributed by atoms with van der Waals surface area (Å²) in [4.78, 5) is 0. The summed E-state index contributed by atoms with van der Waals surface area (Å²) < 4.78 is 6.32. The van der Waals surface area contributed by atoms with Crippen LogP contribution < -0.4 is 0 Å². The van der Waals surface area contributed by atoms with Gasteiger partial charge in [0.05, 0.1) is 11.9 Å². The van der Waals surface area contributed by atoms with Gasteiger partial charge in [0.25, 0.3) is 0 Å². The van der Waals surface area contributed by atoms with Crippen molar-refractivity contribution in [2.24, 2.45) is 11.8 Å². The molecule has 1 aromatic heterocycles. The number of aromatic nitrogens is 2. The summed E-state index contributed by atoms with van der Waals surface area (Å²) in [5, 5.41) is 8.35. The van der Waals surface area contributed by atoms with Crippen LogP contribution in [0, 0.1) is 18.8 Å². The topological polar surface area (TPSA) is 35.0 Å². The standard InChI is InChI=1S/C14H22N2O/c1-8(2)14(9(3)4)12-10(5)7-15-16-13(12)11(6)17-14/h7-9,11H,1-6H3. The second-order valence-corrected chi connectivity index (χ2v) is 5.65. The molecule has 17 heavy (non-hydrogen) atoms. The molecule has 0 spiro atoms. The largest absolute Gasteiger partial charge is 0.360 e. The number of aryl methyl sites for hydroxylation is 1. The lowest BCUT2D eigenvalue weighted by Gasteiger charge is -2.38. The van der Waals surface area contributed by atoms with E-state index in [0.29, 0.717) is 11.8 Å². The van der Waals surface area contributed by atoms with Crippen molar-refractivity contribution in [3.8, 4) is 0 Å². The van der Waals surface area contributed by atoms with Gasteiger partial charge >= 0.3 is 0 Å². The highest BCUT2D eigenvalue weighted by Crippen LogP contribution is 2.51. The molecule has 1 aliphatic rings. The van der Waals surface area contributed by atoms with Gasteiger partial charge in [0, 0.05) is 5.56 Å². The fourth-order valence-electron chi connectivity index (χ4n) is 3.21. The van der Waals surface area contributed by atoms with Crippen LogP contribution in [0.15, 0.2) is 6.20 Å². The van der Waals surface area contributed by atoms with Crippen LogP contribution in [0.3, 0.4) is 0 Å². The van der Waals surface area contributed by atoms with E-state index in [1.165, 1.54) is 11.1 Å². The molecule has 1 aromatic rings. The third-order valence-corrected chi connectivity index (χ3v) is 3.93. The van der Waals surface area contributed by atoms with Crippen LogP contribution in [-0.2, 0) is 10.3 Å². The smallest absolute Gasteiger partial charge is 0.101 e. The lowest BCUT2D eigenvalue weighted by atomic mass is 9.74. The summed E-state index contributed by atoms with van der Waals surface area (Å²) in [6.07, 6.45) is 1.89. The van der Waals surface area contributed by atoms with Crippen molar-refractivity contribution in [3.05, 3.63) is 23.0 Å². The molecule has 1 aliphatic heterocycles. The van der Waals surface area contributed by atoms with E-state index in [2.05, 4.69) is 51.7 Å². The van der Waals surface area contributed by atoms with Crippen molar-refractivity contribution >= 4 is 0 Å². The molecule has 0 radical (unpaired) electrons. The van der Waals surface area contributed by atoms with E-state index in [1.54, 1.807) is 0 Å². The third kappa shape index (κ3) is 1.60. The molecule has 0 bridgehead atoms.